The summed E-state index contributed by atoms with van der Waals surface area (Å²) in [7, 11) is 0. The molecule has 21 heavy (non-hydrogen) atoms. The molecule has 3 rings (SSSR count). The third kappa shape index (κ3) is 2.87. The van der Waals surface area contributed by atoms with Gasteiger partial charge < -0.3 is 5.11 Å². The second-order valence-corrected chi connectivity index (χ2v) is 5.46. The number of para-hydroxylation sites is 1. The van der Waals surface area contributed by atoms with E-state index in [0.29, 0.717) is 5.03 Å². The van der Waals surface area contributed by atoms with Crippen molar-refractivity contribution >= 4 is 28.6 Å². The fourth-order valence-corrected chi connectivity index (χ4v) is 2.84. The number of aromatic carboxylic acids is 1. The first-order valence-electron chi connectivity index (χ1n) is 6.20. The number of benzene rings is 2. The van der Waals surface area contributed by atoms with Crippen LogP contribution in [0.15, 0.2) is 64.5 Å². The lowest BCUT2D eigenvalue weighted by Crippen LogP contribution is -2.01. The van der Waals surface area contributed by atoms with Crippen LogP contribution in [0.4, 0.5) is 4.39 Å². The Bertz CT molecular complexity index is 818. The third-order valence-electron chi connectivity index (χ3n) is 2.95. The Balaban J connectivity index is 2.09. The zero-order valence-corrected chi connectivity index (χ0v) is 11.6. The van der Waals surface area contributed by atoms with Crippen LogP contribution in [0.1, 0.15) is 10.4 Å². The fraction of sp³-hybridized carbons (Fsp3) is 0. The van der Waals surface area contributed by atoms with Gasteiger partial charge in [-0.1, -0.05) is 30.0 Å². The molecule has 3 nitrogen and oxygen atoms in total. The SMILES string of the molecule is O=C(O)c1cc2ccccc2nc1Sc1ccc(F)cc1. The highest BCUT2D eigenvalue weighted by Gasteiger charge is 2.14. The highest BCUT2D eigenvalue weighted by Crippen LogP contribution is 2.31. The maximum absolute atomic E-state index is 12.9. The van der Waals surface area contributed by atoms with E-state index in [-0.39, 0.29) is 11.4 Å². The van der Waals surface area contributed by atoms with Gasteiger partial charge in [-0.2, -0.15) is 0 Å². The van der Waals surface area contributed by atoms with Crippen LogP contribution in [0.5, 0.6) is 0 Å². The monoisotopic (exact) mass is 299 g/mol. The lowest BCUT2D eigenvalue weighted by Gasteiger charge is -2.07. The second-order valence-electron chi connectivity index (χ2n) is 4.39. The number of carboxylic acid groups (broad SMARTS) is 1. The summed E-state index contributed by atoms with van der Waals surface area (Å²) in [5.41, 5.74) is 0.870. The number of pyridine rings is 1. The Morgan fingerprint density at radius 2 is 1.81 bits per heavy atom. The van der Waals surface area contributed by atoms with E-state index >= 15 is 0 Å². The first-order chi connectivity index (χ1) is 10.1. The molecular weight excluding hydrogens is 289 g/mol. The van der Waals surface area contributed by atoms with Crippen LogP contribution in [0.2, 0.25) is 0 Å². The van der Waals surface area contributed by atoms with E-state index < -0.39 is 5.97 Å². The number of halogens is 1. The number of fused-ring (bicyclic) bond motifs is 1. The van der Waals surface area contributed by atoms with Gasteiger partial charge in [0.2, 0.25) is 0 Å². The van der Waals surface area contributed by atoms with Gasteiger partial charge in [0, 0.05) is 10.3 Å². The van der Waals surface area contributed by atoms with Crippen molar-refractivity contribution in [2.24, 2.45) is 0 Å². The number of nitrogens with zero attached hydrogens (tertiary/aromatic N) is 1. The summed E-state index contributed by atoms with van der Waals surface area (Å²) in [6, 6.07) is 14.8. The standard InChI is InChI=1S/C16H10FNO2S/c17-11-5-7-12(8-6-11)21-15-13(16(19)20)9-10-3-1-2-4-14(10)18-15/h1-9H,(H,19,20). The van der Waals surface area contributed by atoms with Crippen molar-refractivity contribution in [1.82, 2.24) is 4.98 Å². The molecule has 0 spiro atoms. The first-order valence-corrected chi connectivity index (χ1v) is 7.01. The van der Waals surface area contributed by atoms with Gasteiger partial charge in [0.15, 0.2) is 0 Å². The smallest absolute Gasteiger partial charge is 0.338 e. The van der Waals surface area contributed by atoms with Crippen molar-refractivity contribution in [1.29, 1.82) is 0 Å². The molecule has 0 saturated heterocycles. The van der Waals surface area contributed by atoms with Crippen LogP contribution in [0.25, 0.3) is 10.9 Å². The van der Waals surface area contributed by atoms with Gasteiger partial charge in [-0.3, -0.25) is 0 Å². The molecule has 1 N–H and O–H groups in total. The molecule has 0 amide bonds. The Labute approximate surface area is 124 Å². The molecule has 104 valence electrons. The Morgan fingerprint density at radius 1 is 1.10 bits per heavy atom. The van der Waals surface area contributed by atoms with Crippen molar-refractivity contribution in [2.75, 3.05) is 0 Å². The van der Waals surface area contributed by atoms with Gasteiger partial charge in [-0.15, -0.1) is 0 Å². The Hall–Kier alpha value is -2.40. The van der Waals surface area contributed by atoms with Crippen LogP contribution >= 0.6 is 11.8 Å². The molecule has 0 saturated carbocycles. The maximum atomic E-state index is 12.9. The first kappa shape index (κ1) is 13.6. The van der Waals surface area contributed by atoms with Crippen LogP contribution in [-0.4, -0.2) is 16.1 Å². The molecule has 0 fully saturated rings. The molecule has 0 atom stereocenters. The number of aromatic nitrogens is 1. The molecular formula is C16H10FNO2S. The van der Waals surface area contributed by atoms with Crippen molar-refractivity contribution in [3.05, 3.63) is 66.0 Å². The molecule has 2 aromatic carbocycles. The van der Waals surface area contributed by atoms with Gasteiger partial charge in [-0.25, -0.2) is 14.2 Å². The van der Waals surface area contributed by atoms with E-state index in [1.54, 1.807) is 18.2 Å². The number of rotatable bonds is 3. The molecule has 0 aliphatic heterocycles. The molecule has 0 aliphatic rings. The molecule has 0 unspecified atom stereocenters. The summed E-state index contributed by atoms with van der Waals surface area (Å²) in [4.78, 5) is 16.5. The zero-order valence-electron chi connectivity index (χ0n) is 10.8. The van der Waals surface area contributed by atoms with Gasteiger partial charge in [-0.05, 0) is 36.4 Å². The highest BCUT2D eigenvalue weighted by atomic mass is 32.2. The van der Waals surface area contributed by atoms with Crippen molar-refractivity contribution in [2.45, 2.75) is 9.92 Å². The minimum Gasteiger partial charge on any atom is -0.478 e. The summed E-state index contributed by atoms with van der Waals surface area (Å²) in [5.74, 6) is -1.36. The minimum atomic E-state index is -1.03. The van der Waals surface area contributed by atoms with Crippen LogP contribution < -0.4 is 0 Å². The van der Waals surface area contributed by atoms with Crippen molar-refractivity contribution in [3.63, 3.8) is 0 Å². The van der Waals surface area contributed by atoms with Crippen molar-refractivity contribution < 1.29 is 14.3 Å². The van der Waals surface area contributed by atoms with Gasteiger partial charge in [0.1, 0.15) is 10.8 Å². The summed E-state index contributed by atoms with van der Waals surface area (Å²) >= 11 is 1.21. The predicted octanol–water partition coefficient (Wildman–Crippen LogP) is 4.22. The summed E-state index contributed by atoms with van der Waals surface area (Å²) in [6.45, 7) is 0. The molecule has 1 aromatic heterocycles. The molecule has 0 radical (unpaired) electrons. The number of carbonyl (C=O) groups is 1. The molecule has 3 aromatic rings. The lowest BCUT2D eigenvalue weighted by atomic mass is 10.1. The van der Waals surface area contributed by atoms with Crippen molar-refractivity contribution in [3.8, 4) is 0 Å². The maximum Gasteiger partial charge on any atom is 0.338 e. The third-order valence-corrected chi connectivity index (χ3v) is 3.96. The topological polar surface area (TPSA) is 50.2 Å². The minimum absolute atomic E-state index is 0.142. The Kier molecular flexibility index (Phi) is 3.58. The van der Waals surface area contributed by atoms with Gasteiger partial charge in [0.25, 0.3) is 0 Å². The normalized spacial score (nSPS) is 10.7. The second kappa shape index (κ2) is 5.54. The van der Waals surface area contributed by atoms with Crippen LogP contribution in [0, 0.1) is 5.82 Å². The number of carboxylic acids is 1. The van der Waals surface area contributed by atoms with E-state index in [2.05, 4.69) is 4.98 Å². The van der Waals surface area contributed by atoms with Crippen LogP contribution in [-0.2, 0) is 0 Å². The van der Waals surface area contributed by atoms with Gasteiger partial charge in [0.05, 0.1) is 11.1 Å². The average Bonchev–Trinajstić information content (AvgIpc) is 2.48. The van der Waals surface area contributed by atoms with E-state index in [9.17, 15) is 14.3 Å². The molecule has 0 bridgehead atoms. The number of hydrogen-bond acceptors (Lipinski definition) is 3. The van der Waals surface area contributed by atoms with Crippen LogP contribution in [0.3, 0.4) is 0 Å². The van der Waals surface area contributed by atoms with E-state index in [1.807, 2.05) is 24.3 Å². The summed E-state index contributed by atoms with van der Waals surface area (Å²) < 4.78 is 12.9. The molecule has 1 heterocycles. The predicted molar refractivity (Wildman–Crippen MR) is 79.2 cm³/mol. The Morgan fingerprint density at radius 3 is 2.52 bits per heavy atom. The largest absolute Gasteiger partial charge is 0.478 e. The molecule has 5 heteroatoms. The van der Waals surface area contributed by atoms with E-state index in [1.165, 1.54) is 23.9 Å². The average molecular weight is 299 g/mol. The summed E-state index contributed by atoms with van der Waals surface area (Å²) in [5, 5.41) is 10.5. The zero-order chi connectivity index (χ0) is 14.8. The molecule has 0 aliphatic carbocycles. The van der Waals surface area contributed by atoms with Gasteiger partial charge >= 0.3 is 5.97 Å². The van der Waals surface area contributed by atoms with E-state index in [0.717, 1.165) is 15.8 Å². The lowest BCUT2D eigenvalue weighted by molar-refractivity contribution is 0.0692. The quantitative estimate of drug-likeness (QED) is 0.786. The highest BCUT2D eigenvalue weighted by molar-refractivity contribution is 7.99. The fourth-order valence-electron chi connectivity index (χ4n) is 1.94. The summed E-state index contributed by atoms with van der Waals surface area (Å²) in [6.07, 6.45) is 0. The number of hydrogen-bond donors (Lipinski definition) is 1. The van der Waals surface area contributed by atoms with E-state index in [4.69, 9.17) is 0 Å².